The lowest BCUT2D eigenvalue weighted by Gasteiger charge is -2.22. The van der Waals surface area contributed by atoms with Crippen LogP contribution in [0.5, 0.6) is 5.75 Å². The third-order valence-electron chi connectivity index (χ3n) is 3.51. The van der Waals surface area contributed by atoms with Gasteiger partial charge < -0.3 is 20.1 Å². The van der Waals surface area contributed by atoms with E-state index in [1.165, 1.54) is 19.1 Å². The molecule has 0 aliphatic rings. The van der Waals surface area contributed by atoms with Crippen LogP contribution in [0.4, 0.5) is 5.69 Å². The van der Waals surface area contributed by atoms with Crippen molar-refractivity contribution >= 4 is 17.6 Å². The summed E-state index contributed by atoms with van der Waals surface area (Å²) in [4.78, 5) is 26.0. The van der Waals surface area contributed by atoms with E-state index in [1.54, 1.807) is 18.2 Å². The predicted molar refractivity (Wildman–Crippen MR) is 90.6 cm³/mol. The number of methoxy groups -OCH3 is 2. The minimum absolute atomic E-state index is 0.155. The number of hydrogen-bond acceptors (Lipinski definition) is 5. The number of anilines is 1. The third-order valence-corrected chi connectivity index (χ3v) is 3.51. The summed E-state index contributed by atoms with van der Waals surface area (Å²) in [6.07, 6.45) is 0. The minimum atomic E-state index is -0.492. The number of carbonyl (C=O) groups is 2. The molecule has 6 nitrogen and oxygen atoms in total. The van der Waals surface area contributed by atoms with E-state index in [9.17, 15) is 9.59 Å². The molecule has 0 spiro atoms. The maximum Gasteiger partial charge on any atom is 0.325 e. The number of hydrogen-bond donors (Lipinski definition) is 1. The Hall–Kier alpha value is -3.02. The summed E-state index contributed by atoms with van der Waals surface area (Å²) in [7, 11) is 2.75. The van der Waals surface area contributed by atoms with E-state index in [1.807, 2.05) is 30.3 Å². The molecule has 2 rings (SSSR count). The number of nitrogens with zero attached hydrogens (tertiary/aromatic N) is 1. The summed E-state index contributed by atoms with van der Waals surface area (Å²) in [5.74, 6) is -0.460. The van der Waals surface area contributed by atoms with Gasteiger partial charge in [0.15, 0.2) is 0 Å². The van der Waals surface area contributed by atoms with Gasteiger partial charge in [0, 0.05) is 18.3 Å². The van der Waals surface area contributed by atoms with Crippen LogP contribution in [-0.4, -0.2) is 37.5 Å². The van der Waals surface area contributed by atoms with E-state index in [4.69, 9.17) is 15.2 Å². The largest absolute Gasteiger partial charge is 0.496 e. The fourth-order valence-electron chi connectivity index (χ4n) is 2.28. The minimum Gasteiger partial charge on any atom is -0.496 e. The van der Waals surface area contributed by atoms with Gasteiger partial charge in [-0.05, 0) is 17.7 Å². The van der Waals surface area contributed by atoms with Crippen molar-refractivity contribution < 1.29 is 19.1 Å². The Morgan fingerprint density at radius 2 is 1.79 bits per heavy atom. The number of rotatable bonds is 6. The molecule has 0 aromatic heterocycles. The number of esters is 1. The normalized spacial score (nSPS) is 10.1. The third kappa shape index (κ3) is 4.25. The molecular weight excluding hydrogens is 308 g/mol. The van der Waals surface area contributed by atoms with Crippen molar-refractivity contribution in [2.75, 3.05) is 26.5 Å². The number of carbonyl (C=O) groups excluding carboxylic acids is 2. The molecule has 0 fully saturated rings. The van der Waals surface area contributed by atoms with Crippen molar-refractivity contribution in [1.82, 2.24) is 4.90 Å². The molecule has 0 heterocycles. The quantitative estimate of drug-likeness (QED) is 0.648. The Bertz CT molecular complexity index is 716. The van der Waals surface area contributed by atoms with Gasteiger partial charge in [-0.2, -0.15) is 0 Å². The van der Waals surface area contributed by atoms with E-state index in [0.29, 0.717) is 17.0 Å². The van der Waals surface area contributed by atoms with Crippen LogP contribution >= 0.6 is 0 Å². The molecule has 2 aromatic carbocycles. The average molecular weight is 328 g/mol. The lowest BCUT2D eigenvalue weighted by molar-refractivity contribution is -0.141. The smallest absolute Gasteiger partial charge is 0.325 e. The lowest BCUT2D eigenvalue weighted by Crippen LogP contribution is -2.36. The van der Waals surface area contributed by atoms with Crippen LogP contribution in [-0.2, 0) is 16.1 Å². The van der Waals surface area contributed by atoms with Crippen LogP contribution < -0.4 is 10.5 Å². The molecule has 0 bridgehead atoms. The summed E-state index contributed by atoms with van der Waals surface area (Å²) in [6, 6.07) is 14.2. The van der Waals surface area contributed by atoms with Crippen molar-refractivity contribution in [1.29, 1.82) is 0 Å². The molecule has 0 unspecified atom stereocenters. The first kappa shape index (κ1) is 17.3. The Morgan fingerprint density at radius 3 is 2.42 bits per heavy atom. The van der Waals surface area contributed by atoms with Crippen molar-refractivity contribution in [3.8, 4) is 5.75 Å². The first-order valence-corrected chi connectivity index (χ1v) is 7.38. The van der Waals surface area contributed by atoms with Crippen LogP contribution in [0.1, 0.15) is 15.9 Å². The molecule has 0 saturated carbocycles. The van der Waals surface area contributed by atoms with Gasteiger partial charge in [0.25, 0.3) is 5.91 Å². The van der Waals surface area contributed by atoms with Crippen molar-refractivity contribution in [3.05, 3.63) is 59.7 Å². The van der Waals surface area contributed by atoms with E-state index in [2.05, 4.69) is 0 Å². The topological polar surface area (TPSA) is 81.9 Å². The zero-order valence-corrected chi connectivity index (χ0v) is 13.7. The van der Waals surface area contributed by atoms with Crippen LogP contribution in [0.2, 0.25) is 0 Å². The highest BCUT2D eigenvalue weighted by atomic mass is 16.5. The molecule has 0 aliphatic heterocycles. The first-order chi connectivity index (χ1) is 11.5. The second kappa shape index (κ2) is 8.01. The lowest BCUT2D eigenvalue weighted by atomic mass is 10.1. The van der Waals surface area contributed by atoms with Gasteiger partial charge in [0.2, 0.25) is 0 Å². The second-order valence-corrected chi connectivity index (χ2v) is 5.18. The predicted octanol–water partition coefficient (Wildman–Crippen LogP) is 2.09. The molecule has 0 saturated heterocycles. The highest BCUT2D eigenvalue weighted by Crippen LogP contribution is 2.23. The van der Waals surface area contributed by atoms with Crippen LogP contribution in [0.15, 0.2) is 48.5 Å². The fraction of sp³-hybridized carbons (Fsp3) is 0.222. The van der Waals surface area contributed by atoms with E-state index >= 15 is 0 Å². The van der Waals surface area contributed by atoms with Gasteiger partial charge in [-0.15, -0.1) is 0 Å². The fourth-order valence-corrected chi connectivity index (χ4v) is 2.28. The number of amides is 1. The van der Waals surface area contributed by atoms with E-state index in [-0.39, 0.29) is 19.0 Å². The summed E-state index contributed by atoms with van der Waals surface area (Å²) in [5, 5.41) is 0. The van der Waals surface area contributed by atoms with Crippen LogP contribution in [0.25, 0.3) is 0 Å². The molecule has 2 aromatic rings. The van der Waals surface area contributed by atoms with Gasteiger partial charge in [-0.25, -0.2) is 0 Å². The summed E-state index contributed by atoms with van der Waals surface area (Å²) in [6.45, 7) is 0.125. The molecule has 1 amide bonds. The van der Waals surface area contributed by atoms with Crippen LogP contribution in [0.3, 0.4) is 0 Å². The Balaban J connectivity index is 2.31. The number of benzene rings is 2. The molecule has 24 heavy (non-hydrogen) atoms. The van der Waals surface area contributed by atoms with Gasteiger partial charge >= 0.3 is 5.97 Å². The molecule has 0 aliphatic carbocycles. The summed E-state index contributed by atoms with van der Waals surface area (Å²) in [5.41, 5.74) is 7.46. The zero-order valence-electron chi connectivity index (χ0n) is 13.7. The molecule has 6 heteroatoms. The molecule has 0 atom stereocenters. The zero-order chi connectivity index (χ0) is 17.5. The standard InChI is InChI=1S/C18H20N2O4/c1-23-16-10-14(19)8-9-15(16)18(22)20(12-17(21)24-2)11-13-6-4-3-5-7-13/h3-10H,11-12,19H2,1-2H3. The number of nitrogen functional groups attached to an aromatic ring is 1. The molecular formula is C18H20N2O4. The Kier molecular flexibility index (Phi) is 5.78. The number of ether oxygens (including phenoxy) is 2. The average Bonchev–Trinajstić information content (AvgIpc) is 2.61. The first-order valence-electron chi connectivity index (χ1n) is 7.38. The van der Waals surface area contributed by atoms with Crippen molar-refractivity contribution in [3.63, 3.8) is 0 Å². The van der Waals surface area contributed by atoms with Crippen molar-refractivity contribution in [2.45, 2.75) is 6.54 Å². The Morgan fingerprint density at radius 1 is 1.08 bits per heavy atom. The van der Waals surface area contributed by atoms with E-state index < -0.39 is 5.97 Å². The number of nitrogens with two attached hydrogens (primary N) is 1. The van der Waals surface area contributed by atoms with Gasteiger partial charge in [0.1, 0.15) is 12.3 Å². The maximum atomic E-state index is 12.9. The highest BCUT2D eigenvalue weighted by molar-refractivity contribution is 5.98. The highest BCUT2D eigenvalue weighted by Gasteiger charge is 2.22. The van der Waals surface area contributed by atoms with Gasteiger partial charge in [-0.3, -0.25) is 9.59 Å². The van der Waals surface area contributed by atoms with E-state index in [0.717, 1.165) is 5.56 Å². The summed E-state index contributed by atoms with van der Waals surface area (Å²) < 4.78 is 9.93. The second-order valence-electron chi connectivity index (χ2n) is 5.18. The SMILES string of the molecule is COC(=O)CN(Cc1ccccc1)C(=O)c1ccc(N)cc1OC. The van der Waals surface area contributed by atoms with Crippen molar-refractivity contribution in [2.24, 2.45) is 0 Å². The van der Waals surface area contributed by atoms with Gasteiger partial charge in [-0.1, -0.05) is 30.3 Å². The maximum absolute atomic E-state index is 12.9. The van der Waals surface area contributed by atoms with Crippen LogP contribution in [0, 0.1) is 0 Å². The Labute approximate surface area is 140 Å². The monoisotopic (exact) mass is 328 g/mol. The summed E-state index contributed by atoms with van der Waals surface area (Å²) >= 11 is 0. The molecule has 2 N–H and O–H groups in total. The molecule has 126 valence electrons. The van der Waals surface area contributed by atoms with Gasteiger partial charge in [0.05, 0.1) is 19.8 Å². The molecule has 0 radical (unpaired) electrons.